The molecule has 0 radical (unpaired) electrons. The van der Waals surface area contributed by atoms with E-state index in [4.69, 9.17) is 5.21 Å². The van der Waals surface area contributed by atoms with Crippen LogP contribution < -0.4 is 0 Å². The minimum Gasteiger partial charge on any atom is -0.411 e. The number of oxime groups is 1. The molecule has 1 aliphatic heterocycles. The van der Waals surface area contributed by atoms with Gasteiger partial charge in [0.2, 0.25) is 0 Å². The van der Waals surface area contributed by atoms with Gasteiger partial charge in [-0.25, -0.2) is 4.98 Å². The van der Waals surface area contributed by atoms with Crippen LogP contribution in [0.2, 0.25) is 0 Å². The van der Waals surface area contributed by atoms with E-state index in [1.807, 2.05) is 18.5 Å². The molecule has 1 atom stereocenters. The highest BCUT2D eigenvalue weighted by Crippen LogP contribution is 2.34. The summed E-state index contributed by atoms with van der Waals surface area (Å²) in [6, 6.07) is 0. The number of hydrogen-bond donors (Lipinski definition) is 1. The lowest BCUT2D eigenvalue weighted by atomic mass is 10.1. The first-order chi connectivity index (χ1) is 6.63. The van der Waals surface area contributed by atoms with Crippen molar-refractivity contribution in [3.05, 3.63) is 11.5 Å². The van der Waals surface area contributed by atoms with Gasteiger partial charge in [-0.15, -0.1) is 11.8 Å². The van der Waals surface area contributed by atoms with Gasteiger partial charge in [0.1, 0.15) is 16.6 Å². The zero-order chi connectivity index (χ0) is 10.3. The minimum atomic E-state index is 0.433. The molecule has 2 heterocycles. The molecule has 1 aliphatic rings. The Labute approximate surface area is 87.0 Å². The Morgan fingerprint density at radius 3 is 3.00 bits per heavy atom. The molecular formula is C9H13N3OS. The highest BCUT2D eigenvalue weighted by Gasteiger charge is 2.27. The molecule has 1 aromatic heterocycles. The normalized spacial score (nSPS) is 23.9. The molecule has 1 unspecified atom stereocenters. The number of hydrogen-bond acceptors (Lipinski definition) is 4. The molecule has 76 valence electrons. The second-order valence-corrected chi connectivity index (χ2v) is 4.98. The average Bonchev–Trinajstić information content (AvgIpc) is 2.41. The molecule has 0 amide bonds. The van der Waals surface area contributed by atoms with Gasteiger partial charge in [-0.2, -0.15) is 0 Å². The second-order valence-electron chi connectivity index (χ2n) is 3.55. The van der Waals surface area contributed by atoms with Crippen molar-refractivity contribution in [1.29, 1.82) is 0 Å². The fourth-order valence-electron chi connectivity index (χ4n) is 1.67. The van der Waals surface area contributed by atoms with E-state index in [-0.39, 0.29) is 0 Å². The average molecular weight is 211 g/mol. The second kappa shape index (κ2) is 3.31. The molecule has 0 aromatic carbocycles. The van der Waals surface area contributed by atoms with Crippen LogP contribution in [0.3, 0.4) is 0 Å². The summed E-state index contributed by atoms with van der Waals surface area (Å²) in [5.41, 5.74) is 1.71. The van der Waals surface area contributed by atoms with Gasteiger partial charge in [0.25, 0.3) is 0 Å². The standard InChI is InChI=1S/C9H13N3OS/c1-5-4-7(11-13)8-9(14-5)10-6(2)12(8)3/h5,13H,4H2,1-3H3/b11-7+. The lowest BCUT2D eigenvalue weighted by molar-refractivity contribution is 0.317. The van der Waals surface area contributed by atoms with Gasteiger partial charge in [-0.3, -0.25) is 0 Å². The Balaban J connectivity index is 2.58. The Kier molecular flexibility index (Phi) is 2.26. The van der Waals surface area contributed by atoms with Crippen LogP contribution in [0, 0.1) is 6.92 Å². The summed E-state index contributed by atoms with van der Waals surface area (Å²) in [5.74, 6) is 0.956. The number of imidazole rings is 1. The van der Waals surface area contributed by atoms with E-state index in [2.05, 4.69) is 17.1 Å². The molecule has 0 aliphatic carbocycles. The van der Waals surface area contributed by atoms with Crippen LogP contribution in [-0.2, 0) is 7.05 Å². The summed E-state index contributed by atoms with van der Waals surface area (Å²) in [5, 5.41) is 13.7. The van der Waals surface area contributed by atoms with Crippen molar-refractivity contribution in [2.75, 3.05) is 0 Å². The fourth-order valence-corrected chi connectivity index (χ4v) is 2.84. The zero-order valence-electron chi connectivity index (χ0n) is 8.48. The third-order valence-corrected chi connectivity index (χ3v) is 3.55. The van der Waals surface area contributed by atoms with Crippen molar-refractivity contribution in [3.63, 3.8) is 0 Å². The van der Waals surface area contributed by atoms with Gasteiger partial charge in [-0.05, 0) is 6.92 Å². The smallest absolute Gasteiger partial charge is 0.124 e. The maximum absolute atomic E-state index is 8.93. The van der Waals surface area contributed by atoms with Gasteiger partial charge in [0.15, 0.2) is 0 Å². The van der Waals surface area contributed by atoms with Gasteiger partial charge < -0.3 is 9.77 Å². The van der Waals surface area contributed by atoms with Crippen LogP contribution in [0.1, 0.15) is 24.9 Å². The minimum absolute atomic E-state index is 0.433. The monoisotopic (exact) mass is 211 g/mol. The zero-order valence-corrected chi connectivity index (χ0v) is 9.30. The van der Waals surface area contributed by atoms with Crippen LogP contribution in [0.25, 0.3) is 0 Å². The molecule has 14 heavy (non-hydrogen) atoms. The van der Waals surface area contributed by atoms with E-state index in [0.29, 0.717) is 5.25 Å². The van der Waals surface area contributed by atoms with E-state index in [0.717, 1.165) is 28.7 Å². The predicted molar refractivity (Wildman–Crippen MR) is 56.2 cm³/mol. The summed E-state index contributed by atoms with van der Waals surface area (Å²) < 4.78 is 1.98. The van der Waals surface area contributed by atoms with Gasteiger partial charge in [0.05, 0.1) is 5.69 Å². The third kappa shape index (κ3) is 1.32. The molecule has 0 spiro atoms. The molecule has 5 heteroatoms. The summed E-state index contributed by atoms with van der Waals surface area (Å²) in [7, 11) is 1.95. The Bertz CT molecular complexity index is 397. The summed E-state index contributed by atoms with van der Waals surface area (Å²) in [6.45, 7) is 4.07. The van der Waals surface area contributed by atoms with E-state index < -0.39 is 0 Å². The van der Waals surface area contributed by atoms with Crippen molar-refractivity contribution >= 4 is 17.5 Å². The lowest BCUT2D eigenvalue weighted by Gasteiger charge is -2.18. The van der Waals surface area contributed by atoms with Crippen molar-refractivity contribution < 1.29 is 5.21 Å². The summed E-state index contributed by atoms with van der Waals surface area (Å²) in [4.78, 5) is 4.43. The first-order valence-corrected chi connectivity index (χ1v) is 5.42. The van der Waals surface area contributed by atoms with Crippen LogP contribution >= 0.6 is 11.8 Å². The first kappa shape index (κ1) is 9.58. The number of thioether (sulfide) groups is 1. The van der Waals surface area contributed by atoms with Crippen LogP contribution in [0.15, 0.2) is 10.2 Å². The van der Waals surface area contributed by atoms with Crippen LogP contribution in [0.5, 0.6) is 0 Å². The molecule has 4 nitrogen and oxygen atoms in total. The van der Waals surface area contributed by atoms with Gasteiger partial charge in [-0.1, -0.05) is 12.1 Å². The molecule has 0 fully saturated rings. The van der Waals surface area contributed by atoms with E-state index >= 15 is 0 Å². The molecule has 2 rings (SSSR count). The highest BCUT2D eigenvalue weighted by molar-refractivity contribution is 8.00. The lowest BCUT2D eigenvalue weighted by Crippen LogP contribution is -2.18. The molecule has 1 N–H and O–H groups in total. The number of nitrogens with zero attached hydrogens (tertiary/aromatic N) is 3. The SMILES string of the molecule is Cc1nc2c(n1C)/C(=N/O)CC(C)S2. The quantitative estimate of drug-likeness (QED) is 0.526. The molecular weight excluding hydrogens is 198 g/mol. The van der Waals surface area contributed by atoms with Crippen LogP contribution in [-0.4, -0.2) is 25.7 Å². The Morgan fingerprint density at radius 1 is 1.64 bits per heavy atom. The van der Waals surface area contributed by atoms with Crippen molar-refractivity contribution in [2.24, 2.45) is 12.2 Å². The van der Waals surface area contributed by atoms with Crippen molar-refractivity contribution in [3.8, 4) is 0 Å². The van der Waals surface area contributed by atoms with E-state index in [1.54, 1.807) is 11.8 Å². The van der Waals surface area contributed by atoms with Crippen LogP contribution in [0.4, 0.5) is 0 Å². The Hall–Kier alpha value is -0.970. The number of fused-ring (bicyclic) bond motifs is 1. The molecule has 1 aromatic rings. The Morgan fingerprint density at radius 2 is 2.36 bits per heavy atom. The number of aryl methyl sites for hydroxylation is 1. The van der Waals surface area contributed by atoms with E-state index in [9.17, 15) is 0 Å². The topological polar surface area (TPSA) is 50.4 Å². The summed E-state index contributed by atoms with van der Waals surface area (Å²) >= 11 is 1.74. The van der Waals surface area contributed by atoms with Gasteiger partial charge in [0, 0.05) is 18.7 Å². The predicted octanol–water partition coefficient (Wildman–Crippen LogP) is 1.79. The number of aromatic nitrogens is 2. The third-order valence-electron chi connectivity index (χ3n) is 2.47. The highest BCUT2D eigenvalue weighted by atomic mass is 32.2. The van der Waals surface area contributed by atoms with Gasteiger partial charge >= 0.3 is 0 Å². The maximum atomic E-state index is 8.93. The van der Waals surface area contributed by atoms with Crippen molar-refractivity contribution in [1.82, 2.24) is 9.55 Å². The molecule has 0 saturated heterocycles. The molecule has 0 saturated carbocycles. The fraction of sp³-hybridized carbons (Fsp3) is 0.556. The summed E-state index contributed by atoms with van der Waals surface area (Å²) in [6.07, 6.45) is 0.799. The van der Waals surface area contributed by atoms with Crippen molar-refractivity contribution in [2.45, 2.75) is 30.5 Å². The van der Waals surface area contributed by atoms with E-state index in [1.165, 1.54) is 0 Å². The maximum Gasteiger partial charge on any atom is 0.124 e. The largest absolute Gasteiger partial charge is 0.411 e. The first-order valence-electron chi connectivity index (χ1n) is 4.54. The number of rotatable bonds is 0. The molecule has 0 bridgehead atoms.